The lowest BCUT2D eigenvalue weighted by molar-refractivity contribution is -0.131. The van der Waals surface area contributed by atoms with Crippen molar-refractivity contribution in [1.82, 2.24) is 20.4 Å². The lowest BCUT2D eigenvalue weighted by Crippen LogP contribution is -2.43. The van der Waals surface area contributed by atoms with Crippen molar-refractivity contribution >= 4 is 23.5 Å². The van der Waals surface area contributed by atoms with E-state index in [1.54, 1.807) is 31.2 Å². The molecule has 1 aliphatic rings. The zero-order valence-electron chi connectivity index (χ0n) is 14.1. The minimum absolute atomic E-state index is 0.201. The number of halogens is 1. The standard InChI is InChI=1S/C17H19ClN4O3/c1-3-9-17(2)15(23)22(16(24)20-17)10-8-13-19-14(21-25-13)11-4-6-12(18)7-5-11/h4-7H,3,8-10H2,1-2H3,(H,20,24). The number of carbonyl (C=O) groups excluding carboxylic acids is 2. The van der Waals surface area contributed by atoms with Crippen molar-refractivity contribution in [2.24, 2.45) is 0 Å². The van der Waals surface area contributed by atoms with Gasteiger partial charge in [-0.15, -0.1) is 0 Å². The molecule has 0 spiro atoms. The number of nitrogens with one attached hydrogen (secondary N) is 1. The van der Waals surface area contributed by atoms with Gasteiger partial charge in [0, 0.05) is 23.6 Å². The summed E-state index contributed by atoms with van der Waals surface area (Å²) in [6.07, 6.45) is 1.72. The zero-order chi connectivity index (χ0) is 18.0. The van der Waals surface area contributed by atoms with Crippen LogP contribution in [0.25, 0.3) is 11.4 Å². The second-order valence-corrected chi connectivity index (χ2v) is 6.67. The number of carbonyl (C=O) groups is 2. The van der Waals surface area contributed by atoms with E-state index in [1.807, 2.05) is 6.92 Å². The number of imide groups is 1. The SMILES string of the molecule is CCCC1(C)NC(=O)N(CCc2nc(-c3ccc(Cl)cc3)no2)C1=O. The van der Waals surface area contributed by atoms with E-state index in [2.05, 4.69) is 15.5 Å². The number of hydrogen-bond donors (Lipinski definition) is 1. The molecule has 1 aromatic heterocycles. The average Bonchev–Trinajstić information content (AvgIpc) is 3.11. The van der Waals surface area contributed by atoms with Gasteiger partial charge in [-0.3, -0.25) is 9.69 Å². The molecule has 2 heterocycles. The third-order valence-corrected chi connectivity index (χ3v) is 4.47. The summed E-state index contributed by atoms with van der Waals surface area (Å²) in [6.45, 7) is 3.93. The predicted molar refractivity (Wildman–Crippen MR) is 92.0 cm³/mol. The number of rotatable bonds is 6. The van der Waals surface area contributed by atoms with Crippen LogP contribution in [0.3, 0.4) is 0 Å². The molecule has 0 aliphatic carbocycles. The van der Waals surface area contributed by atoms with Crippen LogP contribution < -0.4 is 5.32 Å². The summed E-state index contributed by atoms with van der Waals surface area (Å²) in [4.78, 5) is 30.1. The molecule has 1 saturated heterocycles. The molecule has 0 saturated carbocycles. The molecule has 2 aromatic rings. The van der Waals surface area contributed by atoms with Crippen molar-refractivity contribution < 1.29 is 14.1 Å². The van der Waals surface area contributed by atoms with E-state index in [0.717, 1.165) is 12.0 Å². The first-order valence-electron chi connectivity index (χ1n) is 8.15. The quantitative estimate of drug-likeness (QED) is 0.798. The van der Waals surface area contributed by atoms with Crippen molar-refractivity contribution in [3.05, 3.63) is 35.2 Å². The monoisotopic (exact) mass is 362 g/mol. The van der Waals surface area contributed by atoms with Gasteiger partial charge in [-0.1, -0.05) is 30.1 Å². The predicted octanol–water partition coefficient (Wildman–Crippen LogP) is 3.04. The molecule has 1 fully saturated rings. The van der Waals surface area contributed by atoms with Crippen LogP contribution in [0.4, 0.5) is 4.79 Å². The fraction of sp³-hybridized carbons (Fsp3) is 0.412. The fourth-order valence-electron chi connectivity index (χ4n) is 2.90. The third-order valence-electron chi connectivity index (χ3n) is 4.21. The van der Waals surface area contributed by atoms with Gasteiger partial charge in [-0.2, -0.15) is 4.98 Å². The van der Waals surface area contributed by atoms with Crippen LogP contribution in [-0.2, 0) is 11.2 Å². The molecular weight excluding hydrogens is 344 g/mol. The molecule has 25 heavy (non-hydrogen) atoms. The van der Waals surface area contributed by atoms with Crippen molar-refractivity contribution in [2.75, 3.05) is 6.54 Å². The molecule has 1 aromatic carbocycles. The van der Waals surface area contributed by atoms with E-state index >= 15 is 0 Å². The van der Waals surface area contributed by atoms with E-state index in [1.165, 1.54) is 4.90 Å². The fourth-order valence-corrected chi connectivity index (χ4v) is 3.03. The molecule has 1 unspecified atom stereocenters. The van der Waals surface area contributed by atoms with Gasteiger partial charge in [0.15, 0.2) is 0 Å². The summed E-state index contributed by atoms with van der Waals surface area (Å²) < 4.78 is 5.22. The second-order valence-electron chi connectivity index (χ2n) is 6.24. The Hall–Kier alpha value is -2.41. The maximum absolute atomic E-state index is 12.5. The van der Waals surface area contributed by atoms with Crippen molar-refractivity contribution in [3.63, 3.8) is 0 Å². The molecule has 0 bridgehead atoms. The highest BCUT2D eigenvalue weighted by Crippen LogP contribution is 2.23. The smallest absolute Gasteiger partial charge is 0.325 e. The summed E-state index contributed by atoms with van der Waals surface area (Å²) in [7, 11) is 0. The Bertz CT molecular complexity index is 789. The minimum atomic E-state index is -0.824. The maximum Gasteiger partial charge on any atom is 0.325 e. The molecule has 1 N–H and O–H groups in total. The largest absolute Gasteiger partial charge is 0.339 e. The van der Waals surface area contributed by atoms with E-state index in [4.69, 9.17) is 16.1 Å². The van der Waals surface area contributed by atoms with E-state index in [9.17, 15) is 9.59 Å². The van der Waals surface area contributed by atoms with Gasteiger partial charge in [0.2, 0.25) is 11.7 Å². The molecule has 1 aliphatic heterocycles. The summed E-state index contributed by atoms with van der Waals surface area (Å²) in [5.74, 6) is 0.603. The Morgan fingerprint density at radius 3 is 2.68 bits per heavy atom. The highest BCUT2D eigenvalue weighted by atomic mass is 35.5. The van der Waals surface area contributed by atoms with Gasteiger partial charge in [0.05, 0.1) is 0 Å². The maximum atomic E-state index is 12.5. The minimum Gasteiger partial charge on any atom is -0.339 e. The molecule has 1 atom stereocenters. The average molecular weight is 363 g/mol. The van der Waals surface area contributed by atoms with E-state index in [0.29, 0.717) is 29.6 Å². The van der Waals surface area contributed by atoms with Gasteiger partial charge in [0.1, 0.15) is 5.54 Å². The first kappa shape index (κ1) is 17.4. The van der Waals surface area contributed by atoms with Crippen molar-refractivity contribution in [1.29, 1.82) is 0 Å². The summed E-state index contributed by atoms with van der Waals surface area (Å²) in [6, 6.07) is 6.71. The Kier molecular flexibility index (Phi) is 4.76. The first-order chi connectivity index (χ1) is 11.9. The summed E-state index contributed by atoms with van der Waals surface area (Å²) in [5, 5.41) is 7.31. The van der Waals surface area contributed by atoms with Crippen LogP contribution in [0.15, 0.2) is 28.8 Å². The number of nitrogens with zero attached hydrogens (tertiary/aromatic N) is 3. The normalized spacial score (nSPS) is 20.2. The van der Waals surface area contributed by atoms with Crippen LogP contribution in [-0.4, -0.2) is 39.1 Å². The lowest BCUT2D eigenvalue weighted by Gasteiger charge is -2.20. The summed E-state index contributed by atoms with van der Waals surface area (Å²) in [5.41, 5.74) is -0.0419. The molecular formula is C17H19ClN4O3. The third kappa shape index (κ3) is 3.51. The van der Waals surface area contributed by atoms with E-state index in [-0.39, 0.29) is 18.5 Å². The molecule has 132 valence electrons. The second kappa shape index (κ2) is 6.84. The Morgan fingerprint density at radius 1 is 1.28 bits per heavy atom. The van der Waals surface area contributed by atoms with Crippen molar-refractivity contribution in [3.8, 4) is 11.4 Å². The number of hydrogen-bond acceptors (Lipinski definition) is 5. The van der Waals surface area contributed by atoms with Crippen molar-refractivity contribution in [2.45, 2.75) is 38.6 Å². The van der Waals surface area contributed by atoms with Crippen LogP contribution in [0.1, 0.15) is 32.6 Å². The number of aromatic nitrogens is 2. The van der Waals surface area contributed by atoms with E-state index < -0.39 is 5.54 Å². The van der Waals surface area contributed by atoms with Gasteiger partial charge >= 0.3 is 6.03 Å². The number of amides is 3. The molecule has 0 radical (unpaired) electrons. The number of urea groups is 1. The van der Waals surface area contributed by atoms with Gasteiger partial charge in [-0.05, 0) is 37.6 Å². The van der Waals surface area contributed by atoms with Gasteiger partial charge < -0.3 is 9.84 Å². The number of benzene rings is 1. The van der Waals surface area contributed by atoms with Crippen LogP contribution >= 0.6 is 11.6 Å². The van der Waals surface area contributed by atoms with Crippen LogP contribution in [0.5, 0.6) is 0 Å². The van der Waals surface area contributed by atoms with Gasteiger partial charge in [0.25, 0.3) is 5.91 Å². The Morgan fingerprint density at radius 2 is 2.00 bits per heavy atom. The molecule has 3 rings (SSSR count). The summed E-state index contributed by atoms with van der Waals surface area (Å²) >= 11 is 5.86. The molecule has 3 amide bonds. The molecule has 7 nitrogen and oxygen atoms in total. The highest BCUT2D eigenvalue weighted by Gasteiger charge is 2.46. The lowest BCUT2D eigenvalue weighted by atomic mass is 9.96. The van der Waals surface area contributed by atoms with Gasteiger partial charge in [-0.25, -0.2) is 4.79 Å². The Balaban J connectivity index is 1.65. The highest BCUT2D eigenvalue weighted by molar-refractivity contribution is 6.30. The Labute approximate surface area is 150 Å². The van der Waals surface area contributed by atoms with Crippen LogP contribution in [0.2, 0.25) is 5.02 Å². The first-order valence-corrected chi connectivity index (χ1v) is 8.53. The molecule has 8 heteroatoms. The topological polar surface area (TPSA) is 88.3 Å². The zero-order valence-corrected chi connectivity index (χ0v) is 14.8. The van der Waals surface area contributed by atoms with Crippen LogP contribution in [0, 0.1) is 0 Å².